The maximum atomic E-state index is 10.4. The van der Waals surface area contributed by atoms with Crippen molar-refractivity contribution in [2.24, 2.45) is 11.7 Å². The Morgan fingerprint density at radius 1 is 1.54 bits per heavy atom. The van der Waals surface area contributed by atoms with Gasteiger partial charge in [0.15, 0.2) is 0 Å². The molecule has 76 valence electrons. The first-order valence-electron chi connectivity index (χ1n) is 4.58. The van der Waals surface area contributed by atoms with E-state index in [0.717, 1.165) is 12.8 Å². The molecule has 0 bridgehead atoms. The van der Waals surface area contributed by atoms with Gasteiger partial charge in [0, 0.05) is 0 Å². The zero-order chi connectivity index (χ0) is 10.1. The van der Waals surface area contributed by atoms with Gasteiger partial charge >= 0.3 is 6.09 Å². The Labute approximate surface area is 78.1 Å². The fraction of sp³-hybridized carbons (Fsp3) is 0.889. The third-order valence-electron chi connectivity index (χ3n) is 2.67. The predicted octanol–water partition coefficient (Wildman–Crippen LogP) is 1.02. The minimum atomic E-state index is -0.721. The second-order valence-electron chi connectivity index (χ2n) is 4.22. The first-order valence-corrected chi connectivity index (χ1v) is 4.58. The van der Waals surface area contributed by atoms with Crippen LogP contribution in [0.2, 0.25) is 0 Å². The Hall–Kier alpha value is -0.770. The van der Waals surface area contributed by atoms with Crippen molar-refractivity contribution in [1.82, 2.24) is 0 Å². The van der Waals surface area contributed by atoms with Gasteiger partial charge in [0.05, 0.1) is 5.60 Å². The molecule has 1 aliphatic carbocycles. The molecule has 0 aromatic heterocycles. The zero-order valence-corrected chi connectivity index (χ0v) is 8.12. The van der Waals surface area contributed by atoms with Crippen molar-refractivity contribution in [3.8, 4) is 0 Å². The van der Waals surface area contributed by atoms with Gasteiger partial charge in [-0.2, -0.15) is 0 Å². The molecular weight excluding hydrogens is 170 g/mol. The Bertz CT molecular complexity index is 198. The summed E-state index contributed by atoms with van der Waals surface area (Å²) in [7, 11) is 0. The van der Waals surface area contributed by atoms with Crippen LogP contribution in [0.25, 0.3) is 0 Å². The highest BCUT2D eigenvalue weighted by Crippen LogP contribution is 2.35. The molecule has 1 rings (SSSR count). The molecule has 4 heteroatoms. The number of aliphatic hydroxyl groups is 1. The molecule has 0 aromatic rings. The molecule has 3 N–H and O–H groups in total. The number of nitrogens with two attached hydrogens (primary N) is 1. The van der Waals surface area contributed by atoms with E-state index in [1.54, 1.807) is 13.8 Å². The highest BCUT2D eigenvalue weighted by atomic mass is 16.6. The highest BCUT2D eigenvalue weighted by molar-refractivity contribution is 5.64. The van der Waals surface area contributed by atoms with Gasteiger partial charge in [-0.1, -0.05) is 0 Å². The topological polar surface area (TPSA) is 72.6 Å². The largest absolute Gasteiger partial charge is 0.446 e. The number of carbonyl (C=O) groups is 1. The Kier molecular flexibility index (Phi) is 2.81. The monoisotopic (exact) mass is 187 g/mol. The van der Waals surface area contributed by atoms with Crippen LogP contribution in [0.15, 0.2) is 0 Å². The van der Waals surface area contributed by atoms with E-state index in [4.69, 9.17) is 10.5 Å². The van der Waals surface area contributed by atoms with Crippen LogP contribution in [0.1, 0.15) is 33.1 Å². The van der Waals surface area contributed by atoms with E-state index in [-0.39, 0.29) is 12.0 Å². The fourth-order valence-electron chi connectivity index (χ4n) is 1.85. The van der Waals surface area contributed by atoms with E-state index < -0.39 is 11.7 Å². The summed E-state index contributed by atoms with van der Waals surface area (Å²) < 4.78 is 4.86. The van der Waals surface area contributed by atoms with Crippen molar-refractivity contribution in [2.75, 3.05) is 0 Å². The maximum Gasteiger partial charge on any atom is 0.404 e. The van der Waals surface area contributed by atoms with Gasteiger partial charge in [-0.3, -0.25) is 0 Å². The van der Waals surface area contributed by atoms with Crippen LogP contribution in [-0.2, 0) is 4.74 Å². The molecule has 13 heavy (non-hydrogen) atoms. The van der Waals surface area contributed by atoms with E-state index in [2.05, 4.69) is 0 Å². The molecule has 1 amide bonds. The summed E-state index contributed by atoms with van der Waals surface area (Å²) in [6.07, 6.45) is 1.58. The van der Waals surface area contributed by atoms with E-state index in [1.807, 2.05) is 0 Å². The summed E-state index contributed by atoms with van der Waals surface area (Å²) in [5, 5.41) is 9.70. The summed E-state index contributed by atoms with van der Waals surface area (Å²) >= 11 is 0. The lowest BCUT2D eigenvalue weighted by molar-refractivity contribution is 0.0126. The van der Waals surface area contributed by atoms with Crippen molar-refractivity contribution in [3.05, 3.63) is 0 Å². The Morgan fingerprint density at radius 2 is 2.15 bits per heavy atom. The lowest BCUT2D eigenvalue weighted by Crippen LogP contribution is -2.30. The SMILES string of the molecule is CC(C)(O)[C@H]1CC[C@H](OC(N)=O)C1. The number of hydrogen-bond donors (Lipinski definition) is 2. The van der Waals surface area contributed by atoms with Gasteiger partial charge in [-0.25, -0.2) is 4.79 Å². The standard InChI is InChI=1S/C9H17NO3/c1-9(2,12)6-3-4-7(5-6)13-8(10)11/h6-7,12H,3-5H2,1-2H3,(H2,10,11)/t6-,7-/m0/s1. The van der Waals surface area contributed by atoms with Gasteiger partial charge in [-0.15, -0.1) is 0 Å². The van der Waals surface area contributed by atoms with E-state index >= 15 is 0 Å². The van der Waals surface area contributed by atoms with Gasteiger partial charge in [0.1, 0.15) is 6.10 Å². The second kappa shape index (κ2) is 3.54. The lowest BCUT2D eigenvalue weighted by atomic mass is 9.90. The molecule has 1 saturated carbocycles. The third-order valence-corrected chi connectivity index (χ3v) is 2.67. The summed E-state index contributed by atoms with van der Waals surface area (Å²) in [5.41, 5.74) is 4.22. The molecule has 0 aromatic carbocycles. The molecule has 0 radical (unpaired) electrons. The number of primary amides is 1. The molecule has 1 fully saturated rings. The van der Waals surface area contributed by atoms with E-state index in [0.29, 0.717) is 6.42 Å². The normalized spacial score (nSPS) is 28.8. The zero-order valence-electron chi connectivity index (χ0n) is 8.12. The molecular formula is C9H17NO3. The molecule has 4 nitrogen and oxygen atoms in total. The van der Waals surface area contributed by atoms with Crippen molar-refractivity contribution < 1.29 is 14.6 Å². The predicted molar refractivity (Wildman–Crippen MR) is 48.1 cm³/mol. The number of carbonyl (C=O) groups excluding carboxylic acids is 1. The van der Waals surface area contributed by atoms with Crippen molar-refractivity contribution in [1.29, 1.82) is 0 Å². The van der Waals surface area contributed by atoms with Crippen LogP contribution in [0.4, 0.5) is 4.79 Å². The summed E-state index contributed by atoms with van der Waals surface area (Å²) in [4.78, 5) is 10.4. The van der Waals surface area contributed by atoms with E-state index in [9.17, 15) is 9.90 Å². The van der Waals surface area contributed by atoms with Crippen LogP contribution >= 0.6 is 0 Å². The van der Waals surface area contributed by atoms with Crippen molar-refractivity contribution >= 4 is 6.09 Å². The quantitative estimate of drug-likeness (QED) is 0.678. The number of hydrogen-bond acceptors (Lipinski definition) is 3. The number of rotatable bonds is 2. The molecule has 0 saturated heterocycles. The second-order valence-corrected chi connectivity index (χ2v) is 4.22. The lowest BCUT2D eigenvalue weighted by Gasteiger charge is -2.25. The fourth-order valence-corrected chi connectivity index (χ4v) is 1.85. The third kappa shape index (κ3) is 2.88. The Morgan fingerprint density at radius 3 is 2.54 bits per heavy atom. The molecule has 0 aliphatic heterocycles. The maximum absolute atomic E-state index is 10.4. The summed E-state index contributed by atoms with van der Waals surface area (Å²) in [5.74, 6) is 0.205. The van der Waals surface area contributed by atoms with Crippen LogP contribution in [0.3, 0.4) is 0 Å². The van der Waals surface area contributed by atoms with Gasteiger partial charge in [-0.05, 0) is 39.0 Å². The molecule has 1 aliphatic rings. The highest BCUT2D eigenvalue weighted by Gasteiger charge is 2.35. The smallest absolute Gasteiger partial charge is 0.404 e. The molecule has 0 unspecified atom stereocenters. The van der Waals surface area contributed by atoms with Crippen molar-refractivity contribution in [3.63, 3.8) is 0 Å². The minimum Gasteiger partial charge on any atom is -0.446 e. The van der Waals surface area contributed by atoms with Gasteiger partial charge in [0.2, 0.25) is 0 Å². The number of amides is 1. The Balaban J connectivity index is 2.41. The minimum absolute atomic E-state index is 0.103. The van der Waals surface area contributed by atoms with Crippen LogP contribution < -0.4 is 5.73 Å². The first-order chi connectivity index (χ1) is 5.89. The number of ether oxygens (including phenoxy) is 1. The van der Waals surface area contributed by atoms with Gasteiger partial charge < -0.3 is 15.6 Å². The molecule has 0 spiro atoms. The average molecular weight is 187 g/mol. The van der Waals surface area contributed by atoms with Crippen LogP contribution in [0.5, 0.6) is 0 Å². The summed E-state index contributed by atoms with van der Waals surface area (Å²) in [6, 6.07) is 0. The van der Waals surface area contributed by atoms with Crippen LogP contribution in [-0.4, -0.2) is 22.9 Å². The first kappa shape index (κ1) is 10.3. The van der Waals surface area contributed by atoms with Gasteiger partial charge in [0.25, 0.3) is 0 Å². The van der Waals surface area contributed by atoms with Crippen LogP contribution in [0, 0.1) is 5.92 Å². The molecule has 2 atom stereocenters. The van der Waals surface area contributed by atoms with Crippen molar-refractivity contribution in [2.45, 2.75) is 44.8 Å². The van der Waals surface area contributed by atoms with E-state index in [1.165, 1.54) is 0 Å². The summed E-state index contributed by atoms with van der Waals surface area (Å²) in [6.45, 7) is 3.56. The molecule has 0 heterocycles. The average Bonchev–Trinajstić information content (AvgIpc) is 2.32.